The second-order valence-corrected chi connectivity index (χ2v) is 8.61. The van der Waals surface area contributed by atoms with E-state index in [9.17, 15) is 19.8 Å². The fourth-order valence-electron chi connectivity index (χ4n) is 4.34. The van der Waals surface area contributed by atoms with Crippen molar-refractivity contribution in [2.75, 3.05) is 13.7 Å². The van der Waals surface area contributed by atoms with E-state index in [-0.39, 0.29) is 25.0 Å². The third-order valence-electron chi connectivity index (χ3n) is 6.47. The molecule has 32 heavy (non-hydrogen) atoms. The molecule has 7 nitrogen and oxygen atoms in total. The Balaban J connectivity index is 0.00000176. The molecule has 1 aromatic carbocycles. The van der Waals surface area contributed by atoms with Crippen molar-refractivity contribution in [1.82, 2.24) is 14.5 Å². The van der Waals surface area contributed by atoms with E-state index in [1.807, 2.05) is 41.5 Å². The SMILES string of the molecule is CC.CCC(CO)(Cc1nc(=O)c(O)c2n1CC(C)N(C)C(=O)C2)c1cc(C)cc(C)c1. The highest BCUT2D eigenvalue weighted by Crippen LogP contribution is 2.33. The average molecular weight is 444 g/mol. The zero-order valence-corrected chi connectivity index (χ0v) is 20.4. The van der Waals surface area contributed by atoms with E-state index in [1.165, 1.54) is 0 Å². The van der Waals surface area contributed by atoms with Crippen molar-refractivity contribution in [3.8, 4) is 5.75 Å². The number of aromatic hydroxyl groups is 1. The molecule has 0 bridgehead atoms. The highest BCUT2D eigenvalue weighted by atomic mass is 16.3. The van der Waals surface area contributed by atoms with Crippen LogP contribution in [0.25, 0.3) is 0 Å². The summed E-state index contributed by atoms with van der Waals surface area (Å²) in [7, 11) is 1.72. The van der Waals surface area contributed by atoms with Crippen LogP contribution in [0.1, 0.15) is 62.3 Å². The third-order valence-corrected chi connectivity index (χ3v) is 6.47. The predicted octanol–water partition coefficient (Wildman–Crippen LogP) is 2.88. The Bertz CT molecular complexity index is 1000. The number of hydrogen-bond acceptors (Lipinski definition) is 5. The average Bonchev–Trinajstić information content (AvgIpc) is 2.88. The number of aliphatic hydroxyl groups is 1. The molecule has 2 N–H and O–H groups in total. The molecule has 2 atom stereocenters. The lowest BCUT2D eigenvalue weighted by Gasteiger charge is -2.33. The molecular formula is C25H37N3O4. The quantitative estimate of drug-likeness (QED) is 0.741. The summed E-state index contributed by atoms with van der Waals surface area (Å²) in [4.78, 5) is 30.7. The first-order valence-corrected chi connectivity index (χ1v) is 11.4. The summed E-state index contributed by atoms with van der Waals surface area (Å²) < 4.78 is 1.80. The van der Waals surface area contributed by atoms with Crippen LogP contribution < -0.4 is 5.56 Å². The summed E-state index contributed by atoms with van der Waals surface area (Å²) in [5.41, 5.74) is 2.15. The smallest absolute Gasteiger partial charge is 0.315 e. The van der Waals surface area contributed by atoms with Crippen molar-refractivity contribution in [2.24, 2.45) is 0 Å². The van der Waals surface area contributed by atoms with Gasteiger partial charge >= 0.3 is 5.56 Å². The lowest BCUT2D eigenvalue weighted by Crippen LogP contribution is -2.38. The summed E-state index contributed by atoms with van der Waals surface area (Å²) in [5, 5.41) is 20.8. The highest BCUT2D eigenvalue weighted by Gasteiger charge is 2.35. The number of likely N-dealkylation sites (N-methyl/N-ethyl adjacent to an activating group) is 1. The van der Waals surface area contributed by atoms with Gasteiger partial charge in [0.05, 0.1) is 18.7 Å². The van der Waals surface area contributed by atoms with Crippen LogP contribution in [0.2, 0.25) is 0 Å². The molecule has 2 unspecified atom stereocenters. The number of hydrogen-bond donors (Lipinski definition) is 2. The predicted molar refractivity (Wildman–Crippen MR) is 126 cm³/mol. The second-order valence-electron chi connectivity index (χ2n) is 8.61. The van der Waals surface area contributed by atoms with Gasteiger partial charge in [-0.3, -0.25) is 9.59 Å². The van der Waals surface area contributed by atoms with Crippen LogP contribution in [0.4, 0.5) is 0 Å². The van der Waals surface area contributed by atoms with Gasteiger partial charge in [0, 0.05) is 31.5 Å². The van der Waals surface area contributed by atoms with Crippen LogP contribution in [0.15, 0.2) is 23.0 Å². The normalized spacial score (nSPS) is 17.7. The standard InChI is InChI=1S/C23H31N3O4.C2H6/c1-6-23(13-27,17-8-14(2)7-15(3)9-17)11-19-24-22(30)21(29)18-10-20(28)25(5)16(4)12-26(18)19;1-2/h7-9,16,27,29H,6,10-13H2,1-5H3;1-2H3. The van der Waals surface area contributed by atoms with Gasteiger partial charge in [-0.25, -0.2) is 0 Å². The van der Waals surface area contributed by atoms with Crippen molar-refractivity contribution in [2.45, 2.75) is 78.8 Å². The van der Waals surface area contributed by atoms with Gasteiger partial charge in [0.25, 0.3) is 0 Å². The van der Waals surface area contributed by atoms with Gasteiger partial charge in [0.1, 0.15) is 5.82 Å². The Hall–Kier alpha value is -2.67. The number of benzene rings is 1. The summed E-state index contributed by atoms with van der Waals surface area (Å²) >= 11 is 0. The zero-order chi connectivity index (χ0) is 24.2. The largest absolute Gasteiger partial charge is 0.502 e. The Morgan fingerprint density at radius 3 is 2.28 bits per heavy atom. The minimum absolute atomic E-state index is 0.0563. The molecule has 176 valence electrons. The van der Waals surface area contributed by atoms with E-state index in [1.54, 1.807) is 16.5 Å². The number of carbonyl (C=O) groups is 1. The van der Waals surface area contributed by atoms with Crippen molar-refractivity contribution in [1.29, 1.82) is 0 Å². The molecule has 1 aromatic heterocycles. The number of aryl methyl sites for hydroxylation is 2. The maximum absolute atomic E-state index is 12.5. The Morgan fingerprint density at radius 1 is 1.16 bits per heavy atom. The lowest BCUT2D eigenvalue weighted by molar-refractivity contribution is -0.130. The van der Waals surface area contributed by atoms with Crippen LogP contribution in [0, 0.1) is 13.8 Å². The van der Waals surface area contributed by atoms with Crippen LogP contribution >= 0.6 is 0 Å². The number of rotatable bonds is 5. The minimum Gasteiger partial charge on any atom is -0.502 e. The van der Waals surface area contributed by atoms with Crippen molar-refractivity contribution < 1.29 is 15.0 Å². The second kappa shape index (κ2) is 10.3. The molecule has 0 saturated heterocycles. The summed E-state index contributed by atoms with van der Waals surface area (Å²) in [6, 6.07) is 6.09. The third kappa shape index (κ3) is 4.88. The van der Waals surface area contributed by atoms with Gasteiger partial charge < -0.3 is 19.7 Å². The number of aliphatic hydroxyl groups excluding tert-OH is 1. The van der Waals surface area contributed by atoms with E-state index >= 15 is 0 Å². The van der Waals surface area contributed by atoms with Gasteiger partial charge in [-0.2, -0.15) is 4.98 Å². The minimum atomic E-state index is -0.732. The van der Waals surface area contributed by atoms with E-state index in [0.717, 1.165) is 16.7 Å². The molecule has 2 heterocycles. The Morgan fingerprint density at radius 2 is 1.75 bits per heavy atom. The molecule has 1 aliphatic rings. The van der Waals surface area contributed by atoms with Gasteiger partial charge in [0.15, 0.2) is 0 Å². The summed E-state index contributed by atoms with van der Waals surface area (Å²) in [5.74, 6) is -0.135. The molecule has 0 saturated carbocycles. The highest BCUT2D eigenvalue weighted by molar-refractivity contribution is 5.79. The van der Waals surface area contributed by atoms with Gasteiger partial charge in [-0.1, -0.05) is 50.1 Å². The molecule has 1 aliphatic heterocycles. The maximum atomic E-state index is 12.5. The first-order valence-electron chi connectivity index (χ1n) is 11.4. The molecule has 0 aliphatic carbocycles. The van der Waals surface area contributed by atoms with Gasteiger partial charge in [0.2, 0.25) is 11.7 Å². The van der Waals surface area contributed by atoms with Crippen LogP contribution in [-0.4, -0.2) is 50.3 Å². The first kappa shape index (κ1) is 25.6. The van der Waals surface area contributed by atoms with Crippen molar-refractivity contribution in [3.63, 3.8) is 0 Å². The van der Waals surface area contributed by atoms with Gasteiger partial charge in [-0.15, -0.1) is 0 Å². The summed E-state index contributed by atoms with van der Waals surface area (Å²) in [6.07, 6.45) is 0.919. The fraction of sp³-hybridized carbons (Fsp3) is 0.560. The first-order chi connectivity index (χ1) is 15.1. The molecule has 0 spiro atoms. The van der Waals surface area contributed by atoms with Crippen LogP contribution in [0.3, 0.4) is 0 Å². The molecule has 0 fully saturated rings. The monoisotopic (exact) mass is 443 g/mol. The molecule has 0 radical (unpaired) electrons. The van der Waals surface area contributed by atoms with Crippen LogP contribution in [0.5, 0.6) is 5.75 Å². The number of aromatic nitrogens is 2. The van der Waals surface area contributed by atoms with Gasteiger partial charge in [-0.05, 0) is 32.8 Å². The number of nitrogens with zero attached hydrogens (tertiary/aromatic N) is 3. The number of fused-ring (bicyclic) bond motifs is 1. The van der Waals surface area contributed by atoms with E-state index in [2.05, 4.69) is 23.2 Å². The van der Waals surface area contributed by atoms with E-state index < -0.39 is 16.7 Å². The summed E-state index contributed by atoms with van der Waals surface area (Å²) in [6.45, 7) is 12.3. The Labute approximate surface area is 190 Å². The topological polar surface area (TPSA) is 95.7 Å². The van der Waals surface area contributed by atoms with Crippen molar-refractivity contribution in [3.05, 3.63) is 56.8 Å². The van der Waals surface area contributed by atoms with Crippen molar-refractivity contribution >= 4 is 5.91 Å². The maximum Gasteiger partial charge on any atom is 0.315 e. The fourth-order valence-corrected chi connectivity index (χ4v) is 4.34. The number of amides is 1. The molecule has 3 rings (SSSR count). The lowest BCUT2D eigenvalue weighted by atomic mass is 9.75. The number of carbonyl (C=O) groups excluding carboxylic acids is 1. The molecule has 2 aromatic rings. The molecular weight excluding hydrogens is 406 g/mol. The van der Waals surface area contributed by atoms with E-state index in [0.29, 0.717) is 30.9 Å². The van der Waals surface area contributed by atoms with E-state index in [4.69, 9.17) is 0 Å². The Kier molecular flexibility index (Phi) is 8.24. The molecule has 7 heteroatoms. The zero-order valence-electron chi connectivity index (χ0n) is 20.4. The molecule has 1 amide bonds. The van der Waals surface area contributed by atoms with Crippen LogP contribution in [-0.2, 0) is 29.6 Å².